The van der Waals surface area contributed by atoms with Crippen LogP contribution in [0.3, 0.4) is 0 Å². The number of thioether (sulfide) groups is 1. The van der Waals surface area contributed by atoms with Gasteiger partial charge in [0.15, 0.2) is 12.8 Å². The Kier molecular flexibility index (Phi) is 9.87. The highest BCUT2D eigenvalue weighted by molar-refractivity contribution is 8.13. The van der Waals surface area contributed by atoms with Gasteiger partial charge in [-0.25, -0.2) is 14.3 Å². The van der Waals surface area contributed by atoms with E-state index in [2.05, 4.69) is 27.1 Å². The molecule has 31 heavy (non-hydrogen) atoms. The highest BCUT2D eigenvalue weighted by Gasteiger charge is 2.27. The van der Waals surface area contributed by atoms with Crippen LogP contribution < -0.4 is 10.2 Å². The zero-order chi connectivity index (χ0) is 23.0. The lowest BCUT2D eigenvalue weighted by Crippen LogP contribution is -2.40. The van der Waals surface area contributed by atoms with Crippen molar-refractivity contribution in [3.8, 4) is 0 Å². The minimum absolute atomic E-state index is 0.0432. The number of nitrogens with one attached hydrogen (secondary N) is 1. The number of alkyl carbamates (subject to hydrolysis) is 1. The predicted molar refractivity (Wildman–Crippen MR) is 125 cm³/mol. The Morgan fingerprint density at radius 2 is 2.13 bits per heavy atom. The van der Waals surface area contributed by atoms with Crippen LogP contribution in [0.5, 0.6) is 0 Å². The van der Waals surface area contributed by atoms with Crippen LogP contribution in [-0.4, -0.2) is 71.8 Å². The molecule has 1 aromatic rings. The highest BCUT2D eigenvalue weighted by atomic mass is 35.6. The largest absolute Gasteiger partial charge is 0.624 e. The van der Waals surface area contributed by atoms with Gasteiger partial charge in [-0.1, -0.05) is 53.0 Å². The first-order valence-corrected chi connectivity index (χ1v) is 11.5. The summed E-state index contributed by atoms with van der Waals surface area (Å²) in [6, 6.07) is 7.36. The summed E-state index contributed by atoms with van der Waals surface area (Å²) < 4.78 is 8.45. The molecule has 2 atom stereocenters. The first-order valence-electron chi connectivity index (χ1n) is 9.38. The van der Waals surface area contributed by atoms with Crippen LogP contribution in [0.25, 0.3) is 0 Å². The molecule has 8 nitrogen and oxygen atoms in total. The summed E-state index contributed by atoms with van der Waals surface area (Å²) >= 11 is 17.4. The molecule has 1 N–H and O–H groups in total. The van der Waals surface area contributed by atoms with Gasteiger partial charge in [0.2, 0.25) is 3.79 Å². The quantitative estimate of drug-likeness (QED) is 0.140. The van der Waals surface area contributed by atoms with E-state index in [4.69, 9.17) is 39.5 Å². The molecule has 0 aliphatic carbocycles. The van der Waals surface area contributed by atoms with Crippen molar-refractivity contribution in [1.82, 2.24) is 5.32 Å². The van der Waals surface area contributed by atoms with E-state index in [9.17, 15) is 14.8 Å². The number of rotatable bonds is 8. The smallest absolute Gasteiger partial charge is 0.407 e. The number of anilines is 1. The number of fused-ring (bicyclic) bond motifs is 1. The van der Waals surface area contributed by atoms with Crippen molar-refractivity contribution in [3.05, 3.63) is 35.0 Å². The number of hydrogen-bond donors (Lipinski definition) is 1. The summed E-state index contributed by atoms with van der Waals surface area (Å²) in [4.78, 5) is 25.5. The van der Waals surface area contributed by atoms with Crippen LogP contribution in [-0.2, 0) is 9.47 Å². The molecule has 0 aromatic heterocycles. The van der Waals surface area contributed by atoms with Crippen molar-refractivity contribution < 1.29 is 23.8 Å². The number of alkyl halides is 3. The molecule has 1 amide bonds. The van der Waals surface area contributed by atoms with Crippen molar-refractivity contribution >= 4 is 69.9 Å². The van der Waals surface area contributed by atoms with E-state index in [-0.39, 0.29) is 18.2 Å². The normalized spacial score (nSPS) is 17.1. The molecule has 1 heterocycles. The molecule has 172 valence electrons. The Hall–Kier alpha value is -1.55. The lowest BCUT2D eigenvalue weighted by molar-refractivity contribution is -0.455. The molecule has 1 aromatic carbocycles. The summed E-state index contributed by atoms with van der Waals surface area (Å²) in [5.41, 5.74) is 2.39. The Balaban J connectivity index is 1.92. The topological polar surface area (TPSA) is 93.9 Å². The van der Waals surface area contributed by atoms with Gasteiger partial charge in [-0.2, -0.15) is 0 Å². The summed E-state index contributed by atoms with van der Waals surface area (Å²) in [6.45, 7) is 0.657. The Morgan fingerprint density at radius 1 is 1.42 bits per heavy atom. The van der Waals surface area contributed by atoms with Gasteiger partial charge >= 0.3 is 11.4 Å². The third-order valence-corrected chi connectivity index (χ3v) is 5.76. The van der Waals surface area contributed by atoms with Gasteiger partial charge in [-0.3, -0.25) is 0 Å². The molecule has 2 rings (SSSR count). The number of para-hydroxylation sites is 1. The lowest BCUT2D eigenvalue weighted by Gasteiger charge is -2.15. The number of likely N-dealkylation sites (N-methyl/N-ethyl adjacent to an activating group) is 1. The molecule has 12 heteroatoms. The maximum atomic E-state index is 12.5. The molecular weight excluding hydrogens is 489 g/mol. The first kappa shape index (κ1) is 25.7. The van der Waals surface area contributed by atoms with Gasteiger partial charge < -0.3 is 24.9 Å². The van der Waals surface area contributed by atoms with Gasteiger partial charge in [0, 0.05) is 37.4 Å². The van der Waals surface area contributed by atoms with E-state index in [1.54, 1.807) is 0 Å². The number of benzene rings is 1. The maximum absolute atomic E-state index is 12.5. The first-order chi connectivity index (χ1) is 14.6. The second-order valence-corrected chi connectivity index (χ2v) is 10.4. The number of hydrogen-bond acceptors (Lipinski definition) is 7. The standard InChI is InChI=1S/C19H24Cl3N3O5S/c1-24-9-13(15-5-3-4-6-16(15)24)7-8-25(28)10-14(23-17(26)29-2)11-31-18(27)30-12-19(20,21)22/h3-6,10,13-14H,7-9,11-12H2,1-2H3,(H,23,26)/b25-10-/t13?,14-/m1/s1. The van der Waals surface area contributed by atoms with Crippen molar-refractivity contribution in [2.24, 2.45) is 0 Å². The van der Waals surface area contributed by atoms with Crippen molar-refractivity contribution in [1.29, 1.82) is 0 Å². The zero-order valence-corrected chi connectivity index (χ0v) is 20.1. The van der Waals surface area contributed by atoms with Gasteiger partial charge in [-0.05, 0) is 23.4 Å². The molecule has 0 saturated carbocycles. The predicted octanol–water partition coefficient (Wildman–Crippen LogP) is 4.16. The number of hydroxylamine groups is 1. The Bertz CT molecular complexity index is 806. The van der Waals surface area contributed by atoms with Crippen LogP contribution in [0.15, 0.2) is 24.3 Å². The van der Waals surface area contributed by atoms with Crippen LogP contribution >= 0.6 is 46.6 Å². The average molecular weight is 513 g/mol. The fourth-order valence-electron chi connectivity index (χ4n) is 3.19. The van der Waals surface area contributed by atoms with E-state index < -0.39 is 27.8 Å². The van der Waals surface area contributed by atoms with Gasteiger partial charge in [-0.15, -0.1) is 0 Å². The second-order valence-electron chi connectivity index (χ2n) is 6.92. The summed E-state index contributed by atoms with van der Waals surface area (Å²) in [5, 5.41) is 14.3. The van der Waals surface area contributed by atoms with E-state index >= 15 is 0 Å². The Labute approximate surface area is 200 Å². The SMILES string of the molecule is COC(=O)N[C@H](/C=[N+](\[O-])CCC1CN(C)c2ccccc21)CSC(=O)OCC(Cl)(Cl)Cl. The van der Waals surface area contributed by atoms with Crippen molar-refractivity contribution in [3.63, 3.8) is 0 Å². The van der Waals surface area contributed by atoms with E-state index in [1.807, 2.05) is 19.2 Å². The number of methoxy groups -OCH3 is 1. The van der Waals surface area contributed by atoms with Crippen LogP contribution in [0, 0.1) is 5.21 Å². The molecule has 0 fully saturated rings. The van der Waals surface area contributed by atoms with Gasteiger partial charge in [0.05, 0.1) is 7.11 Å². The summed E-state index contributed by atoms with van der Waals surface area (Å²) in [6.07, 6.45) is 1.22. The monoisotopic (exact) mass is 511 g/mol. The fraction of sp³-hybridized carbons (Fsp3) is 0.526. The maximum Gasteiger partial charge on any atom is 0.407 e. The van der Waals surface area contributed by atoms with Crippen LogP contribution in [0.4, 0.5) is 15.3 Å². The molecule has 1 aliphatic heterocycles. The molecule has 0 saturated heterocycles. The van der Waals surface area contributed by atoms with Crippen LogP contribution in [0.2, 0.25) is 0 Å². The van der Waals surface area contributed by atoms with Gasteiger partial charge in [0.1, 0.15) is 12.6 Å². The number of nitrogens with zero attached hydrogens (tertiary/aromatic N) is 2. The van der Waals surface area contributed by atoms with Crippen molar-refractivity contribution in [2.75, 3.05) is 44.5 Å². The number of ether oxygens (including phenoxy) is 2. The molecule has 0 radical (unpaired) electrons. The Morgan fingerprint density at radius 3 is 2.81 bits per heavy atom. The number of carbonyl (C=O) groups is 2. The van der Waals surface area contributed by atoms with Crippen LogP contribution in [0.1, 0.15) is 17.9 Å². The average Bonchev–Trinajstić information content (AvgIpc) is 3.04. The summed E-state index contributed by atoms with van der Waals surface area (Å²) in [7, 11) is 3.23. The molecule has 0 bridgehead atoms. The third kappa shape index (κ3) is 8.84. The minimum atomic E-state index is -1.72. The van der Waals surface area contributed by atoms with E-state index in [0.717, 1.165) is 23.0 Å². The number of halogens is 3. The second kappa shape index (κ2) is 11.9. The molecular formula is C19H24Cl3N3O5S. The zero-order valence-electron chi connectivity index (χ0n) is 17.1. The van der Waals surface area contributed by atoms with E-state index in [1.165, 1.54) is 24.6 Å². The van der Waals surface area contributed by atoms with Crippen molar-refractivity contribution in [2.45, 2.75) is 22.2 Å². The number of amides is 1. The number of carbonyl (C=O) groups excluding carboxylic acids is 2. The highest BCUT2D eigenvalue weighted by Crippen LogP contribution is 2.36. The van der Waals surface area contributed by atoms with Gasteiger partial charge in [0.25, 0.3) is 0 Å². The van der Waals surface area contributed by atoms with E-state index in [0.29, 0.717) is 6.42 Å². The molecule has 1 aliphatic rings. The molecule has 0 spiro atoms. The minimum Gasteiger partial charge on any atom is -0.624 e. The third-order valence-electron chi connectivity index (χ3n) is 4.55. The fourth-order valence-corrected chi connectivity index (χ4v) is 3.98. The molecule has 1 unspecified atom stereocenters. The lowest BCUT2D eigenvalue weighted by atomic mass is 9.98. The summed E-state index contributed by atoms with van der Waals surface area (Å²) in [5.74, 6) is 0.283.